The minimum absolute atomic E-state index is 0.489. The Morgan fingerprint density at radius 2 is 1.78 bits per heavy atom. The van der Waals surface area contributed by atoms with Crippen molar-refractivity contribution in [2.24, 2.45) is 5.92 Å². The number of benzene rings is 1. The first-order chi connectivity index (χ1) is 13.2. The van der Waals surface area contributed by atoms with Gasteiger partial charge in [-0.25, -0.2) is 0 Å². The van der Waals surface area contributed by atoms with Gasteiger partial charge in [0, 0.05) is 24.5 Å². The van der Waals surface area contributed by atoms with E-state index in [2.05, 4.69) is 32.3 Å². The van der Waals surface area contributed by atoms with Crippen LogP contribution < -0.4 is 4.90 Å². The van der Waals surface area contributed by atoms with E-state index < -0.39 is 0 Å². The predicted molar refractivity (Wildman–Crippen MR) is 108 cm³/mol. The summed E-state index contributed by atoms with van der Waals surface area (Å²) in [6.07, 6.45) is 7.45. The third-order valence-electron chi connectivity index (χ3n) is 5.77. The van der Waals surface area contributed by atoms with E-state index in [1.165, 1.54) is 18.4 Å². The lowest BCUT2D eigenvalue weighted by molar-refractivity contribution is 0.505. The van der Waals surface area contributed by atoms with E-state index in [1.54, 1.807) is 4.52 Å². The molecule has 1 aliphatic heterocycles. The minimum atomic E-state index is 0.489. The van der Waals surface area contributed by atoms with Gasteiger partial charge in [0.1, 0.15) is 5.02 Å². The molecule has 2 fully saturated rings. The maximum absolute atomic E-state index is 6.69. The first-order valence-electron chi connectivity index (χ1n) is 9.59. The van der Waals surface area contributed by atoms with Crippen LogP contribution >= 0.6 is 23.2 Å². The summed E-state index contributed by atoms with van der Waals surface area (Å²) >= 11 is 13.1. The summed E-state index contributed by atoms with van der Waals surface area (Å²) < 4.78 is 1.81. The quantitative estimate of drug-likeness (QED) is 0.631. The van der Waals surface area contributed by atoms with Gasteiger partial charge in [0.05, 0.1) is 11.9 Å². The number of hydrogen-bond donors (Lipinski definition) is 0. The van der Waals surface area contributed by atoms with Crippen LogP contribution in [-0.2, 0) is 6.42 Å². The Kier molecular flexibility index (Phi) is 4.44. The molecular formula is C20H21Cl2N5. The van der Waals surface area contributed by atoms with Crippen molar-refractivity contribution in [2.75, 3.05) is 18.0 Å². The minimum Gasteiger partial charge on any atom is -0.369 e. The van der Waals surface area contributed by atoms with Crippen molar-refractivity contribution in [3.05, 3.63) is 51.9 Å². The summed E-state index contributed by atoms with van der Waals surface area (Å²) in [4.78, 5) is 2.30. The van der Waals surface area contributed by atoms with Gasteiger partial charge in [-0.1, -0.05) is 41.4 Å². The molecule has 0 atom stereocenters. The molecule has 2 aromatic heterocycles. The van der Waals surface area contributed by atoms with E-state index in [0.717, 1.165) is 54.8 Å². The van der Waals surface area contributed by atoms with Crippen LogP contribution in [0.3, 0.4) is 0 Å². The lowest BCUT2D eigenvalue weighted by Crippen LogP contribution is -2.33. The lowest BCUT2D eigenvalue weighted by atomic mass is 9.89. The highest BCUT2D eigenvalue weighted by Gasteiger charge is 2.27. The monoisotopic (exact) mass is 401 g/mol. The number of piperidine rings is 1. The number of rotatable bonds is 4. The Hall–Kier alpha value is -1.85. The van der Waals surface area contributed by atoms with Gasteiger partial charge in [-0.05, 0) is 49.1 Å². The van der Waals surface area contributed by atoms with Crippen LogP contribution in [0.2, 0.25) is 10.0 Å². The average Bonchev–Trinajstić information content (AvgIpc) is 3.41. The molecule has 0 amide bonds. The lowest BCUT2D eigenvalue weighted by Gasteiger charge is -2.34. The smallest absolute Gasteiger partial charge is 0.198 e. The predicted octanol–water partition coefficient (Wildman–Crippen LogP) is 4.77. The molecule has 5 nitrogen and oxygen atoms in total. The van der Waals surface area contributed by atoms with Crippen LogP contribution in [0.25, 0.3) is 5.65 Å². The summed E-state index contributed by atoms with van der Waals surface area (Å²) in [5.74, 6) is 2.14. The summed E-state index contributed by atoms with van der Waals surface area (Å²) in [6, 6.07) is 8.16. The van der Waals surface area contributed by atoms with Crippen molar-refractivity contribution >= 4 is 34.5 Å². The molecule has 1 saturated heterocycles. The van der Waals surface area contributed by atoms with Crippen molar-refractivity contribution in [2.45, 2.75) is 38.0 Å². The van der Waals surface area contributed by atoms with Gasteiger partial charge < -0.3 is 4.90 Å². The van der Waals surface area contributed by atoms with E-state index in [9.17, 15) is 0 Å². The van der Waals surface area contributed by atoms with Gasteiger partial charge in [-0.2, -0.15) is 9.61 Å². The van der Waals surface area contributed by atoms with Crippen LogP contribution in [0.1, 0.15) is 43.0 Å². The van der Waals surface area contributed by atoms with Gasteiger partial charge in [0.15, 0.2) is 11.5 Å². The third kappa shape index (κ3) is 3.27. The van der Waals surface area contributed by atoms with Gasteiger partial charge in [0.25, 0.3) is 0 Å². The van der Waals surface area contributed by atoms with E-state index in [4.69, 9.17) is 23.2 Å². The second kappa shape index (κ2) is 6.95. The Labute approximate surface area is 168 Å². The normalized spacial score (nSPS) is 18.4. The number of aromatic nitrogens is 4. The molecule has 0 spiro atoms. The Morgan fingerprint density at radius 3 is 2.52 bits per heavy atom. The molecular weight excluding hydrogens is 381 g/mol. The standard InChI is InChI=1S/C20H21Cl2N5/c21-16-4-2-1-3-15(16)14-7-9-26(10-8-14)17-12-23-27-18(11-13-5-6-13)24-25-20(27)19(17)22/h1-4,12-14H,5-11H2. The number of anilines is 1. The molecule has 0 bridgehead atoms. The molecule has 1 saturated carbocycles. The largest absolute Gasteiger partial charge is 0.369 e. The Balaban J connectivity index is 1.35. The summed E-state index contributed by atoms with van der Waals surface area (Å²) in [7, 11) is 0. The molecule has 140 valence electrons. The molecule has 27 heavy (non-hydrogen) atoms. The second-order valence-electron chi connectivity index (χ2n) is 7.63. The molecule has 7 heteroatoms. The second-order valence-corrected chi connectivity index (χ2v) is 8.41. The molecule has 0 N–H and O–H groups in total. The van der Waals surface area contributed by atoms with Crippen LogP contribution in [0.4, 0.5) is 5.69 Å². The highest BCUT2D eigenvalue weighted by atomic mass is 35.5. The van der Waals surface area contributed by atoms with Crippen LogP contribution in [0.5, 0.6) is 0 Å². The first-order valence-corrected chi connectivity index (χ1v) is 10.3. The summed E-state index contributed by atoms with van der Waals surface area (Å²) in [6.45, 7) is 1.85. The first kappa shape index (κ1) is 17.3. The maximum Gasteiger partial charge on any atom is 0.198 e. The molecule has 0 unspecified atom stereocenters. The Morgan fingerprint density at radius 1 is 1.00 bits per heavy atom. The van der Waals surface area contributed by atoms with Crippen molar-refractivity contribution in [3.63, 3.8) is 0 Å². The molecule has 5 rings (SSSR count). The van der Waals surface area contributed by atoms with E-state index >= 15 is 0 Å². The molecule has 1 aromatic carbocycles. The van der Waals surface area contributed by atoms with Crippen LogP contribution in [-0.4, -0.2) is 32.9 Å². The van der Waals surface area contributed by atoms with E-state index in [1.807, 2.05) is 18.3 Å². The van der Waals surface area contributed by atoms with E-state index in [0.29, 0.717) is 16.6 Å². The highest BCUT2D eigenvalue weighted by molar-refractivity contribution is 6.36. The van der Waals surface area contributed by atoms with Gasteiger partial charge >= 0.3 is 0 Å². The fraction of sp³-hybridized carbons (Fsp3) is 0.450. The number of hydrogen-bond acceptors (Lipinski definition) is 4. The highest BCUT2D eigenvalue weighted by Crippen LogP contribution is 2.37. The van der Waals surface area contributed by atoms with Crippen molar-refractivity contribution < 1.29 is 0 Å². The molecule has 1 aliphatic carbocycles. The van der Waals surface area contributed by atoms with E-state index in [-0.39, 0.29) is 0 Å². The molecule has 0 radical (unpaired) electrons. The SMILES string of the molecule is Clc1ccccc1C1CCN(c2cnn3c(CC4CC4)nnc3c2Cl)CC1. The number of halogens is 2. The topological polar surface area (TPSA) is 46.3 Å². The zero-order valence-electron chi connectivity index (χ0n) is 15.0. The van der Waals surface area contributed by atoms with Gasteiger partial charge in [-0.15, -0.1) is 10.2 Å². The zero-order valence-corrected chi connectivity index (χ0v) is 16.5. The Bertz CT molecular complexity index is 974. The van der Waals surface area contributed by atoms with Crippen LogP contribution in [0, 0.1) is 5.92 Å². The third-order valence-corrected chi connectivity index (χ3v) is 6.48. The number of nitrogens with zero attached hydrogens (tertiary/aromatic N) is 5. The van der Waals surface area contributed by atoms with Crippen molar-refractivity contribution in [3.8, 4) is 0 Å². The van der Waals surface area contributed by atoms with Crippen LogP contribution in [0.15, 0.2) is 30.5 Å². The molecule has 3 aromatic rings. The van der Waals surface area contributed by atoms with Crippen molar-refractivity contribution in [1.82, 2.24) is 19.8 Å². The zero-order chi connectivity index (χ0) is 18.4. The average molecular weight is 402 g/mol. The van der Waals surface area contributed by atoms with Crippen molar-refractivity contribution in [1.29, 1.82) is 0 Å². The summed E-state index contributed by atoms with van der Waals surface area (Å²) in [5, 5.41) is 14.7. The number of fused-ring (bicyclic) bond motifs is 1. The van der Waals surface area contributed by atoms with Gasteiger partial charge in [-0.3, -0.25) is 0 Å². The molecule has 3 heterocycles. The fourth-order valence-electron chi connectivity index (χ4n) is 4.02. The maximum atomic E-state index is 6.69. The fourth-order valence-corrected chi connectivity index (χ4v) is 4.60. The van der Waals surface area contributed by atoms with Gasteiger partial charge in [0.2, 0.25) is 0 Å². The summed E-state index contributed by atoms with van der Waals surface area (Å²) in [5.41, 5.74) is 2.87. The molecule has 2 aliphatic rings.